The smallest absolute Gasteiger partial charge is 0.0708 e. The molecule has 1 aromatic rings. The van der Waals surface area contributed by atoms with Gasteiger partial charge in [0.2, 0.25) is 0 Å². The van der Waals surface area contributed by atoms with E-state index in [1.54, 1.807) is 13.6 Å². The van der Waals surface area contributed by atoms with Crippen molar-refractivity contribution in [1.82, 2.24) is 0 Å². The summed E-state index contributed by atoms with van der Waals surface area (Å²) in [4.78, 5) is 3.14. The number of nitrogens with two attached hydrogens (primary N) is 1. The molecule has 0 saturated carbocycles. The fourth-order valence-electron chi connectivity index (χ4n) is 3.77. The van der Waals surface area contributed by atoms with Crippen LogP contribution in [0.15, 0.2) is 30.3 Å². The molecule has 0 aliphatic heterocycles. The Morgan fingerprint density at radius 3 is 1.35 bits per heavy atom. The van der Waals surface area contributed by atoms with E-state index in [2.05, 4.69) is 74.8 Å². The number of hydrogen-bond donors (Lipinski definition) is 1. The SMILES string of the molecule is CCCCCCCCC[CH2][Mo+]([CH2]CCCCCCCCC)[c]1ccccc1.NC(=S)[S-]. The molecule has 180 valence electrons. The van der Waals surface area contributed by atoms with Gasteiger partial charge >= 0.3 is 178 Å². The van der Waals surface area contributed by atoms with E-state index in [1.165, 1.54) is 103 Å². The molecule has 0 aliphatic carbocycles. The largest absolute Gasteiger partial charge is 0.415 e. The van der Waals surface area contributed by atoms with Crippen molar-refractivity contribution in [3.63, 3.8) is 0 Å². The maximum Gasteiger partial charge on any atom is -0.0708 e. The second kappa shape index (κ2) is 24.7. The normalized spacial score (nSPS) is 10.7. The molecule has 0 aliphatic rings. The Bertz CT molecular complexity index is 471. The maximum absolute atomic E-state index is 4.66. The van der Waals surface area contributed by atoms with Crippen molar-refractivity contribution < 1.29 is 17.3 Å². The third kappa shape index (κ3) is 23.0. The van der Waals surface area contributed by atoms with Crippen LogP contribution in [0.4, 0.5) is 0 Å². The van der Waals surface area contributed by atoms with Gasteiger partial charge in [-0.1, -0.05) is 4.32 Å². The zero-order valence-corrected chi connectivity index (χ0v) is 24.1. The third-order valence-corrected chi connectivity index (χ3v) is 11.7. The molecule has 0 saturated heterocycles. The Kier molecular flexibility index (Phi) is 24.7. The van der Waals surface area contributed by atoms with Gasteiger partial charge in [-0.25, -0.2) is 0 Å². The molecular formula is C27H49MoNS2. The molecule has 0 heterocycles. The molecule has 0 fully saturated rings. The predicted octanol–water partition coefficient (Wildman–Crippen LogP) is 8.83. The second-order valence-corrected chi connectivity index (χ2v) is 15.2. The summed E-state index contributed by atoms with van der Waals surface area (Å²) in [5, 5.41) is 0. The van der Waals surface area contributed by atoms with Crippen LogP contribution in [-0.2, 0) is 29.9 Å². The van der Waals surface area contributed by atoms with E-state index in [9.17, 15) is 0 Å². The fraction of sp³-hybridized carbons (Fsp3) is 0.741. The summed E-state index contributed by atoms with van der Waals surface area (Å²) < 4.78 is 1.84. The fourth-order valence-corrected chi connectivity index (χ4v) is 9.48. The van der Waals surface area contributed by atoms with Crippen LogP contribution in [-0.4, -0.2) is 4.32 Å². The first-order chi connectivity index (χ1) is 15.1. The summed E-state index contributed by atoms with van der Waals surface area (Å²) in [5.41, 5.74) is 4.66. The summed E-state index contributed by atoms with van der Waals surface area (Å²) in [6.45, 7) is 4.61. The summed E-state index contributed by atoms with van der Waals surface area (Å²) in [6.07, 6.45) is 23.3. The number of thiocarbonyl (C=S) groups is 1. The van der Waals surface area contributed by atoms with Gasteiger partial charge in [-0.3, -0.25) is 0 Å². The Hall–Kier alpha value is 0.0183. The summed E-state index contributed by atoms with van der Waals surface area (Å²) >= 11 is 7.18. The van der Waals surface area contributed by atoms with Crippen LogP contribution in [0.2, 0.25) is 9.62 Å². The van der Waals surface area contributed by atoms with Gasteiger partial charge in [-0.15, -0.1) is 0 Å². The Morgan fingerprint density at radius 1 is 0.677 bits per heavy atom. The molecule has 2 N–H and O–H groups in total. The molecule has 0 unspecified atom stereocenters. The average molecular weight is 548 g/mol. The molecule has 1 aromatic carbocycles. The molecule has 1 nitrogen and oxygen atoms in total. The van der Waals surface area contributed by atoms with E-state index >= 15 is 0 Å². The van der Waals surface area contributed by atoms with E-state index in [1.807, 2.05) is 0 Å². The third-order valence-electron chi connectivity index (χ3n) is 5.57. The van der Waals surface area contributed by atoms with Gasteiger partial charge in [0.05, 0.1) is 0 Å². The van der Waals surface area contributed by atoms with Gasteiger partial charge in [-0.2, -0.15) is 0 Å². The molecule has 4 heteroatoms. The van der Waals surface area contributed by atoms with Gasteiger partial charge < -0.3 is 30.6 Å². The van der Waals surface area contributed by atoms with Crippen molar-refractivity contribution in [1.29, 1.82) is 0 Å². The van der Waals surface area contributed by atoms with Gasteiger partial charge in [0, 0.05) is 0 Å². The van der Waals surface area contributed by atoms with Gasteiger partial charge in [0.25, 0.3) is 0 Å². The summed E-state index contributed by atoms with van der Waals surface area (Å²) in [5.74, 6) is 0. The first-order valence-electron chi connectivity index (χ1n) is 12.8. The summed E-state index contributed by atoms with van der Waals surface area (Å²) in [7, 11) is 0. The molecule has 0 aromatic heterocycles. The van der Waals surface area contributed by atoms with Crippen LogP contribution in [0, 0.1) is 0 Å². The minimum atomic E-state index is -1.07. The number of rotatable bonds is 19. The zero-order chi connectivity index (χ0) is 23.0. The van der Waals surface area contributed by atoms with E-state index in [4.69, 9.17) is 0 Å². The van der Waals surface area contributed by atoms with E-state index in [0.29, 0.717) is 0 Å². The van der Waals surface area contributed by atoms with Crippen LogP contribution in [0.5, 0.6) is 0 Å². The maximum atomic E-state index is 4.66. The van der Waals surface area contributed by atoms with Crippen molar-refractivity contribution in [2.45, 2.75) is 126 Å². The number of benzene rings is 1. The van der Waals surface area contributed by atoms with Crippen LogP contribution < -0.4 is 9.69 Å². The molecule has 0 atom stereocenters. The summed E-state index contributed by atoms with van der Waals surface area (Å²) in [6, 6.07) is 11.6. The number of unbranched alkanes of at least 4 members (excludes halogenated alkanes) is 14. The Morgan fingerprint density at radius 2 is 1.00 bits per heavy atom. The molecular weight excluding hydrogens is 498 g/mol. The minimum absolute atomic E-state index is 0.0833. The molecule has 0 radical (unpaired) electrons. The van der Waals surface area contributed by atoms with Crippen molar-refractivity contribution in [3.05, 3.63) is 30.3 Å². The molecule has 0 bridgehead atoms. The Labute approximate surface area is 211 Å². The van der Waals surface area contributed by atoms with E-state index < -0.39 is 17.3 Å². The van der Waals surface area contributed by atoms with E-state index in [-0.39, 0.29) is 4.32 Å². The van der Waals surface area contributed by atoms with Gasteiger partial charge in [-0.05, 0) is 0 Å². The first-order valence-corrected chi connectivity index (χ1v) is 17.5. The quantitative estimate of drug-likeness (QED) is 0.0811. The van der Waals surface area contributed by atoms with Crippen molar-refractivity contribution in [3.8, 4) is 0 Å². The van der Waals surface area contributed by atoms with Crippen molar-refractivity contribution in [2.75, 3.05) is 0 Å². The second-order valence-electron chi connectivity index (χ2n) is 8.48. The average Bonchev–Trinajstić information content (AvgIpc) is 2.76. The van der Waals surface area contributed by atoms with E-state index in [0.717, 1.165) is 0 Å². The van der Waals surface area contributed by atoms with Crippen LogP contribution in [0.1, 0.15) is 117 Å². The standard InChI is InChI=1S/2C10H21.C6H5.CH3NS2.Mo/c2*1-3-5-7-9-10-8-6-4-2;1-2-4-6-5-3-1;2-1(3)4;/h2*1,3-10H2,2H3;1-5H;(H3,2,3,4);/q;;;;+1/p-1. The van der Waals surface area contributed by atoms with Crippen LogP contribution in [0.25, 0.3) is 0 Å². The van der Waals surface area contributed by atoms with Crippen LogP contribution in [0.3, 0.4) is 0 Å². The molecule has 0 amide bonds. The zero-order valence-electron chi connectivity index (χ0n) is 20.4. The molecule has 1 rings (SSSR count). The topological polar surface area (TPSA) is 26.0 Å². The molecule has 31 heavy (non-hydrogen) atoms. The van der Waals surface area contributed by atoms with Gasteiger partial charge in [0.1, 0.15) is 0 Å². The monoisotopic (exact) mass is 549 g/mol. The first kappa shape index (κ1) is 31.0. The Balaban J connectivity index is 0.00000206. The van der Waals surface area contributed by atoms with Crippen molar-refractivity contribution in [2.24, 2.45) is 5.73 Å². The predicted molar refractivity (Wildman–Crippen MR) is 145 cm³/mol. The number of hydrogen-bond acceptors (Lipinski definition) is 2. The van der Waals surface area contributed by atoms with Gasteiger partial charge in [0.15, 0.2) is 0 Å². The minimum Gasteiger partial charge on any atom is -0.415 e. The van der Waals surface area contributed by atoms with Crippen LogP contribution >= 0.6 is 12.2 Å². The van der Waals surface area contributed by atoms with Crippen molar-refractivity contribution >= 4 is 33.1 Å². The molecule has 0 spiro atoms.